The van der Waals surface area contributed by atoms with Gasteiger partial charge in [-0.2, -0.15) is 17.4 Å². The van der Waals surface area contributed by atoms with E-state index in [4.69, 9.17) is 4.74 Å². The highest BCUT2D eigenvalue weighted by molar-refractivity contribution is 7.87. The Kier molecular flexibility index (Phi) is 4.85. The van der Waals surface area contributed by atoms with Crippen LogP contribution in [0, 0.1) is 5.92 Å². The topological polar surface area (TPSA) is 70.7 Å². The van der Waals surface area contributed by atoms with Crippen LogP contribution >= 0.6 is 0 Å². The summed E-state index contributed by atoms with van der Waals surface area (Å²) < 4.78 is 34.5. The van der Waals surface area contributed by atoms with Crippen LogP contribution in [0.25, 0.3) is 0 Å². The SMILES string of the molecule is COC1CC(NS(=O)(=O)N2CCCC(CNC3CC3)C2)C1. The lowest BCUT2D eigenvalue weighted by molar-refractivity contribution is 0.0231. The van der Waals surface area contributed by atoms with Gasteiger partial charge in [0.15, 0.2) is 0 Å². The Hall–Kier alpha value is -0.210. The van der Waals surface area contributed by atoms with Crippen molar-refractivity contribution in [3.63, 3.8) is 0 Å². The number of hydrogen-bond acceptors (Lipinski definition) is 4. The molecule has 0 amide bonds. The van der Waals surface area contributed by atoms with Crippen LogP contribution in [-0.2, 0) is 14.9 Å². The Labute approximate surface area is 127 Å². The van der Waals surface area contributed by atoms with E-state index < -0.39 is 10.2 Å². The van der Waals surface area contributed by atoms with E-state index in [9.17, 15) is 8.42 Å². The summed E-state index contributed by atoms with van der Waals surface area (Å²) in [7, 11) is -1.65. The minimum absolute atomic E-state index is 0.0462. The largest absolute Gasteiger partial charge is 0.381 e. The second kappa shape index (κ2) is 6.50. The first-order chi connectivity index (χ1) is 10.1. The van der Waals surface area contributed by atoms with E-state index in [0.717, 1.165) is 32.2 Å². The molecule has 7 heteroatoms. The molecule has 0 aromatic heterocycles. The van der Waals surface area contributed by atoms with Crippen LogP contribution in [0.1, 0.15) is 38.5 Å². The average Bonchev–Trinajstić information content (AvgIpc) is 3.24. The molecule has 0 bridgehead atoms. The third-order valence-electron chi connectivity index (χ3n) is 4.84. The molecule has 21 heavy (non-hydrogen) atoms. The molecule has 1 atom stereocenters. The lowest BCUT2D eigenvalue weighted by atomic mass is 9.90. The van der Waals surface area contributed by atoms with Gasteiger partial charge in [0.2, 0.25) is 0 Å². The van der Waals surface area contributed by atoms with Crippen LogP contribution in [0.4, 0.5) is 0 Å². The summed E-state index contributed by atoms with van der Waals surface area (Å²) in [4.78, 5) is 0. The zero-order valence-corrected chi connectivity index (χ0v) is 13.6. The van der Waals surface area contributed by atoms with Crippen LogP contribution in [0.15, 0.2) is 0 Å². The van der Waals surface area contributed by atoms with Gasteiger partial charge in [-0.05, 0) is 51.0 Å². The zero-order valence-electron chi connectivity index (χ0n) is 12.8. The van der Waals surface area contributed by atoms with Gasteiger partial charge in [0, 0.05) is 32.3 Å². The molecule has 6 nitrogen and oxygen atoms in total. The average molecular weight is 317 g/mol. The van der Waals surface area contributed by atoms with Gasteiger partial charge in [-0.25, -0.2) is 0 Å². The number of rotatable bonds is 7. The minimum Gasteiger partial charge on any atom is -0.381 e. The summed E-state index contributed by atoms with van der Waals surface area (Å²) in [6, 6.07) is 0.737. The fourth-order valence-corrected chi connectivity index (χ4v) is 4.71. The molecule has 122 valence electrons. The molecule has 0 aromatic carbocycles. The van der Waals surface area contributed by atoms with E-state index in [0.29, 0.717) is 25.0 Å². The highest BCUT2D eigenvalue weighted by Crippen LogP contribution is 2.25. The lowest BCUT2D eigenvalue weighted by Crippen LogP contribution is -2.54. The van der Waals surface area contributed by atoms with Gasteiger partial charge in [-0.15, -0.1) is 0 Å². The fraction of sp³-hybridized carbons (Fsp3) is 1.00. The molecule has 3 rings (SSSR count). The fourth-order valence-electron chi connectivity index (χ4n) is 3.17. The summed E-state index contributed by atoms with van der Waals surface area (Å²) in [5, 5.41) is 3.52. The van der Waals surface area contributed by atoms with Gasteiger partial charge in [0.25, 0.3) is 10.2 Å². The summed E-state index contributed by atoms with van der Waals surface area (Å²) in [6.45, 7) is 2.25. The molecule has 0 spiro atoms. The molecule has 1 unspecified atom stereocenters. The quantitative estimate of drug-likeness (QED) is 0.716. The highest BCUT2D eigenvalue weighted by Gasteiger charge is 2.36. The maximum atomic E-state index is 12.4. The summed E-state index contributed by atoms with van der Waals surface area (Å²) in [5.74, 6) is 0.448. The van der Waals surface area contributed by atoms with Gasteiger partial charge < -0.3 is 10.1 Å². The first-order valence-electron chi connectivity index (χ1n) is 8.10. The molecule has 3 aliphatic rings. The van der Waals surface area contributed by atoms with Gasteiger partial charge in [0.1, 0.15) is 0 Å². The molecule has 0 aromatic rings. The standard InChI is InChI=1S/C14H27N3O3S/c1-20-14-7-13(8-14)16-21(18,19)17-6-2-3-11(10-17)9-15-12-4-5-12/h11-16H,2-10H2,1H3. The van der Waals surface area contributed by atoms with Crippen molar-refractivity contribution in [1.29, 1.82) is 0 Å². The summed E-state index contributed by atoms with van der Waals surface area (Å²) >= 11 is 0. The smallest absolute Gasteiger partial charge is 0.279 e. The van der Waals surface area contributed by atoms with Crippen molar-refractivity contribution in [2.24, 2.45) is 5.92 Å². The van der Waals surface area contributed by atoms with Crippen molar-refractivity contribution in [2.45, 2.75) is 56.7 Å². The monoisotopic (exact) mass is 317 g/mol. The molecule has 1 heterocycles. The maximum Gasteiger partial charge on any atom is 0.279 e. The number of nitrogens with one attached hydrogen (secondary N) is 2. The Morgan fingerprint density at radius 1 is 1.19 bits per heavy atom. The maximum absolute atomic E-state index is 12.4. The molecule has 1 aliphatic heterocycles. The highest BCUT2D eigenvalue weighted by atomic mass is 32.2. The van der Waals surface area contributed by atoms with E-state index >= 15 is 0 Å². The Balaban J connectivity index is 1.47. The van der Waals surface area contributed by atoms with Gasteiger partial charge in [0.05, 0.1) is 6.10 Å². The Morgan fingerprint density at radius 2 is 1.95 bits per heavy atom. The number of ether oxygens (including phenoxy) is 1. The van der Waals surface area contributed by atoms with E-state index in [2.05, 4.69) is 10.0 Å². The molecule has 2 aliphatic carbocycles. The van der Waals surface area contributed by atoms with Crippen LogP contribution in [0.5, 0.6) is 0 Å². The predicted molar refractivity (Wildman–Crippen MR) is 81.2 cm³/mol. The van der Waals surface area contributed by atoms with Crippen molar-refractivity contribution in [1.82, 2.24) is 14.3 Å². The Bertz CT molecular complexity index is 446. The second-order valence-corrected chi connectivity index (χ2v) is 8.40. The van der Waals surface area contributed by atoms with Crippen LogP contribution in [0.2, 0.25) is 0 Å². The van der Waals surface area contributed by atoms with Crippen molar-refractivity contribution >= 4 is 10.2 Å². The van der Waals surface area contributed by atoms with Gasteiger partial charge in [-0.1, -0.05) is 0 Å². The van der Waals surface area contributed by atoms with Gasteiger partial charge in [-0.3, -0.25) is 0 Å². The molecular weight excluding hydrogens is 290 g/mol. The number of piperidine rings is 1. The third kappa shape index (κ3) is 4.16. The zero-order chi connectivity index (χ0) is 14.9. The first-order valence-corrected chi connectivity index (χ1v) is 9.54. The molecule has 0 radical (unpaired) electrons. The molecule has 1 saturated heterocycles. The third-order valence-corrected chi connectivity index (χ3v) is 6.48. The van der Waals surface area contributed by atoms with Gasteiger partial charge >= 0.3 is 0 Å². The molecule has 2 N–H and O–H groups in total. The predicted octanol–water partition coefficient (Wildman–Crippen LogP) is 0.462. The number of hydrogen-bond donors (Lipinski definition) is 2. The first kappa shape index (κ1) is 15.7. The van der Waals surface area contributed by atoms with Crippen molar-refractivity contribution in [2.75, 3.05) is 26.7 Å². The minimum atomic E-state index is -3.33. The summed E-state index contributed by atoms with van der Waals surface area (Å²) in [5.41, 5.74) is 0. The number of nitrogens with zero attached hydrogens (tertiary/aromatic N) is 1. The van der Waals surface area contributed by atoms with Crippen molar-refractivity contribution < 1.29 is 13.2 Å². The van der Waals surface area contributed by atoms with Crippen LogP contribution in [-0.4, -0.2) is 57.7 Å². The second-order valence-electron chi connectivity index (χ2n) is 6.70. The lowest BCUT2D eigenvalue weighted by Gasteiger charge is -2.37. The van der Waals surface area contributed by atoms with E-state index in [1.807, 2.05) is 0 Å². The van der Waals surface area contributed by atoms with Crippen molar-refractivity contribution in [3.05, 3.63) is 0 Å². The van der Waals surface area contributed by atoms with E-state index in [1.165, 1.54) is 12.8 Å². The van der Waals surface area contributed by atoms with E-state index in [-0.39, 0.29) is 12.1 Å². The summed E-state index contributed by atoms with van der Waals surface area (Å²) in [6.07, 6.45) is 6.43. The van der Waals surface area contributed by atoms with E-state index in [1.54, 1.807) is 11.4 Å². The molecule has 2 saturated carbocycles. The normalized spacial score (nSPS) is 34.6. The molecule has 3 fully saturated rings. The number of methoxy groups -OCH3 is 1. The van der Waals surface area contributed by atoms with Crippen LogP contribution in [0.3, 0.4) is 0 Å². The Morgan fingerprint density at radius 3 is 2.62 bits per heavy atom. The molecular formula is C14H27N3O3S. The van der Waals surface area contributed by atoms with Crippen LogP contribution < -0.4 is 10.0 Å². The van der Waals surface area contributed by atoms with Crippen molar-refractivity contribution in [3.8, 4) is 0 Å².